The molecule has 1 amide bonds. The molecule has 0 aliphatic carbocycles. The monoisotopic (exact) mass is 354 g/mol. The van der Waals surface area contributed by atoms with Crippen molar-refractivity contribution >= 4 is 16.8 Å². The second-order valence-electron chi connectivity index (χ2n) is 7.67. The molecule has 0 unspecified atom stereocenters. The van der Waals surface area contributed by atoms with E-state index in [1.807, 2.05) is 36.2 Å². The number of pyridine rings is 1. The number of likely N-dealkylation sites (tertiary alicyclic amines) is 1. The molecule has 0 radical (unpaired) electrons. The predicted octanol–water partition coefficient (Wildman–Crippen LogP) is 1.35. The molecule has 0 saturated carbocycles. The third-order valence-electron chi connectivity index (χ3n) is 5.92. The molecule has 6 heteroatoms. The van der Waals surface area contributed by atoms with Crippen molar-refractivity contribution in [2.24, 2.45) is 11.3 Å². The van der Waals surface area contributed by atoms with Gasteiger partial charge in [0.1, 0.15) is 11.3 Å². The topological polar surface area (TPSA) is 57.7 Å². The summed E-state index contributed by atoms with van der Waals surface area (Å²) in [5.74, 6) is 1.40. The molecule has 2 aliphatic heterocycles. The predicted molar refractivity (Wildman–Crippen MR) is 101 cm³/mol. The zero-order chi connectivity index (χ0) is 18.3. The number of carbonyl (C=O) groups excluding carboxylic acids is 1. The molecule has 4 rings (SSSR count). The minimum atomic E-state index is -0.288. The van der Waals surface area contributed by atoms with Crippen LogP contribution in [0.2, 0.25) is 0 Å². The molecule has 6 nitrogen and oxygen atoms in total. The number of amides is 1. The van der Waals surface area contributed by atoms with Crippen LogP contribution in [0, 0.1) is 11.3 Å². The van der Waals surface area contributed by atoms with Crippen LogP contribution in [0.5, 0.6) is 5.75 Å². The summed E-state index contributed by atoms with van der Waals surface area (Å²) in [7, 11) is 5.68. The highest BCUT2D eigenvalue weighted by molar-refractivity contribution is 5.89. The van der Waals surface area contributed by atoms with Crippen LogP contribution in [0.3, 0.4) is 0 Å². The number of rotatable bonds is 4. The summed E-state index contributed by atoms with van der Waals surface area (Å²) < 4.78 is 5.43. The zero-order valence-electron chi connectivity index (χ0n) is 15.7. The number of hydrogen-bond acceptors (Lipinski definition) is 5. The summed E-state index contributed by atoms with van der Waals surface area (Å²) in [5, 5.41) is 4.47. The van der Waals surface area contributed by atoms with E-state index in [0.29, 0.717) is 12.5 Å². The lowest BCUT2D eigenvalue weighted by Crippen LogP contribution is -2.47. The Morgan fingerprint density at radius 3 is 3.12 bits per heavy atom. The van der Waals surface area contributed by atoms with E-state index in [1.165, 1.54) is 0 Å². The first-order valence-electron chi connectivity index (χ1n) is 9.10. The molecule has 3 heterocycles. The van der Waals surface area contributed by atoms with Gasteiger partial charge in [-0.2, -0.15) is 0 Å². The van der Waals surface area contributed by atoms with Crippen molar-refractivity contribution in [1.29, 1.82) is 0 Å². The molecule has 0 spiro atoms. The number of aromatic nitrogens is 1. The molecule has 2 saturated heterocycles. The maximum absolute atomic E-state index is 13.4. The molecule has 1 aromatic carbocycles. The highest BCUT2D eigenvalue weighted by atomic mass is 16.5. The summed E-state index contributed by atoms with van der Waals surface area (Å²) in [6.07, 6.45) is 1.77. The van der Waals surface area contributed by atoms with Gasteiger partial charge in [0, 0.05) is 57.3 Å². The van der Waals surface area contributed by atoms with Crippen LogP contribution in [0.1, 0.15) is 5.56 Å². The zero-order valence-corrected chi connectivity index (χ0v) is 15.7. The van der Waals surface area contributed by atoms with Gasteiger partial charge >= 0.3 is 0 Å². The van der Waals surface area contributed by atoms with Crippen LogP contribution < -0.4 is 10.1 Å². The Bertz CT molecular complexity index is 840. The van der Waals surface area contributed by atoms with Crippen molar-refractivity contribution in [2.75, 3.05) is 47.4 Å². The molecule has 0 bridgehead atoms. The average Bonchev–Trinajstić information content (AvgIpc) is 3.18. The molecule has 1 aromatic heterocycles. The van der Waals surface area contributed by atoms with Gasteiger partial charge < -0.3 is 19.9 Å². The summed E-state index contributed by atoms with van der Waals surface area (Å²) in [6, 6.07) is 7.94. The van der Waals surface area contributed by atoms with Crippen LogP contribution in [0.4, 0.5) is 0 Å². The second kappa shape index (κ2) is 6.52. The molecule has 2 aliphatic rings. The van der Waals surface area contributed by atoms with Crippen molar-refractivity contribution in [2.45, 2.75) is 6.54 Å². The first-order valence-corrected chi connectivity index (χ1v) is 9.10. The summed E-state index contributed by atoms with van der Waals surface area (Å²) >= 11 is 0. The number of benzene rings is 1. The summed E-state index contributed by atoms with van der Waals surface area (Å²) in [6.45, 7) is 4.10. The molecule has 2 aromatic rings. The van der Waals surface area contributed by atoms with E-state index < -0.39 is 0 Å². The quantitative estimate of drug-likeness (QED) is 0.898. The minimum Gasteiger partial charge on any atom is -0.494 e. The van der Waals surface area contributed by atoms with Crippen LogP contribution in [0.15, 0.2) is 30.5 Å². The standard InChI is InChI=1S/C20H26N4O2/c1-23-11-15-9-21-12-20(15,13-23)19(25)24(2)10-14-6-7-17(26-3)18-16(14)5-4-8-22-18/h4-8,15,21H,9-13H2,1-3H3/t15-,20-/m0/s1. The number of fused-ring (bicyclic) bond motifs is 2. The fourth-order valence-electron chi connectivity index (χ4n) is 4.69. The largest absolute Gasteiger partial charge is 0.494 e. The fourth-order valence-corrected chi connectivity index (χ4v) is 4.69. The third kappa shape index (κ3) is 2.64. The molecule has 2 atom stereocenters. The molecule has 2 fully saturated rings. The van der Waals surface area contributed by atoms with Crippen LogP contribution in [-0.4, -0.2) is 68.1 Å². The number of ether oxygens (including phenoxy) is 1. The third-order valence-corrected chi connectivity index (χ3v) is 5.92. The van der Waals surface area contributed by atoms with Gasteiger partial charge in [0.15, 0.2) is 0 Å². The number of hydrogen-bond donors (Lipinski definition) is 1. The Kier molecular flexibility index (Phi) is 4.32. The van der Waals surface area contributed by atoms with E-state index in [4.69, 9.17) is 4.74 Å². The average molecular weight is 354 g/mol. The highest BCUT2D eigenvalue weighted by Crippen LogP contribution is 2.40. The molecule has 138 valence electrons. The summed E-state index contributed by atoms with van der Waals surface area (Å²) in [4.78, 5) is 22.0. The SMILES string of the molecule is COc1ccc(CN(C)C(=O)[C@]23CNC[C@H]2CN(C)C3)c2cccnc12. The van der Waals surface area contributed by atoms with Crippen molar-refractivity contribution in [1.82, 2.24) is 20.1 Å². The van der Waals surface area contributed by atoms with E-state index in [-0.39, 0.29) is 11.3 Å². The minimum absolute atomic E-state index is 0.240. The molecular weight excluding hydrogens is 328 g/mol. The number of nitrogens with zero attached hydrogens (tertiary/aromatic N) is 3. The van der Waals surface area contributed by atoms with Gasteiger partial charge in [0.05, 0.1) is 12.5 Å². The van der Waals surface area contributed by atoms with Gasteiger partial charge in [-0.1, -0.05) is 12.1 Å². The first kappa shape index (κ1) is 17.2. The second-order valence-corrected chi connectivity index (χ2v) is 7.67. The first-order chi connectivity index (χ1) is 12.5. The Labute approximate surface area is 154 Å². The van der Waals surface area contributed by atoms with Gasteiger partial charge in [-0.3, -0.25) is 9.78 Å². The highest BCUT2D eigenvalue weighted by Gasteiger charge is 2.54. The summed E-state index contributed by atoms with van der Waals surface area (Å²) in [5.41, 5.74) is 1.65. The maximum atomic E-state index is 13.4. The normalized spacial score (nSPS) is 25.4. The van der Waals surface area contributed by atoms with E-state index >= 15 is 0 Å². The van der Waals surface area contributed by atoms with Gasteiger partial charge in [0.2, 0.25) is 5.91 Å². The van der Waals surface area contributed by atoms with Crippen LogP contribution in [-0.2, 0) is 11.3 Å². The van der Waals surface area contributed by atoms with Gasteiger partial charge in [-0.15, -0.1) is 0 Å². The fraction of sp³-hybridized carbons (Fsp3) is 0.500. The van der Waals surface area contributed by atoms with Crippen LogP contribution >= 0.6 is 0 Å². The van der Waals surface area contributed by atoms with Crippen molar-refractivity contribution in [3.63, 3.8) is 0 Å². The lowest BCUT2D eigenvalue weighted by atomic mass is 9.79. The van der Waals surface area contributed by atoms with Crippen molar-refractivity contribution < 1.29 is 9.53 Å². The Morgan fingerprint density at radius 2 is 2.31 bits per heavy atom. The van der Waals surface area contributed by atoms with Gasteiger partial charge in [0.25, 0.3) is 0 Å². The Morgan fingerprint density at radius 1 is 1.46 bits per heavy atom. The maximum Gasteiger partial charge on any atom is 0.231 e. The Balaban J connectivity index is 1.62. The van der Waals surface area contributed by atoms with Crippen molar-refractivity contribution in [3.05, 3.63) is 36.0 Å². The van der Waals surface area contributed by atoms with E-state index in [0.717, 1.165) is 48.4 Å². The van der Waals surface area contributed by atoms with E-state index in [2.05, 4.69) is 22.2 Å². The van der Waals surface area contributed by atoms with Crippen LogP contribution in [0.25, 0.3) is 10.9 Å². The van der Waals surface area contributed by atoms with Crippen molar-refractivity contribution in [3.8, 4) is 5.75 Å². The molecule has 1 N–H and O–H groups in total. The molecule has 26 heavy (non-hydrogen) atoms. The lowest BCUT2D eigenvalue weighted by molar-refractivity contribution is -0.141. The van der Waals surface area contributed by atoms with Gasteiger partial charge in [-0.25, -0.2) is 0 Å². The van der Waals surface area contributed by atoms with E-state index in [1.54, 1.807) is 13.3 Å². The number of nitrogens with one attached hydrogen (secondary N) is 1. The smallest absolute Gasteiger partial charge is 0.231 e. The molecular formula is C20H26N4O2. The lowest BCUT2D eigenvalue weighted by Gasteiger charge is -2.32. The number of carbonyl (C=O) groups is 1. The number of methoxy groups -OCH3 is 1. The Hall–Kier alpha value is -2.18. The van der Waals surface area contributed by atoms with E-state index in [9.17, 15) is 4.79 Å². The van der Waals surface area contributed by atoms with Gasteiger partial charge in [-0.05, 0) is 24.7 Å².